The summed E-state index contributed by atoms with van der Waals surface area (Å²) < 4.78 is 0. The Bertz CT molecular complexity index is 343. The van der Waals surface area contributed by atoms with Gasteiger partial charge in [0.1, 0.15) is 0 Å². The number of nitrogens with one attached hydrogen (secondary N) is 1. The molecule has 0 fully saturated rings. The Morgan fingerprint density at radius 3 is 2.47 bits per heavy atom. The van der Waals surface area contributed by atoms with Crippen LogP contribution >= 0.6 is 0 Å². The van der Waals surface area contributed by atoms with Crippen molar-refractivity contribution in [2.24, 2.45) is 11.5 Å². The molecule has 0 spiro atoms. The number of carbonyl (C=O) groups excluding carboxylic acids is 1. The second-order valence-electron chi connectivity index (χ2n) is 3.03. The molecule has 4 nitrogen and oxygen atoms in total. The van der Waals surface area contributed by atoms with E-state index >= 15 is 0 Å². The van der Waals surface area contributed by atoms with Crippen LogP contribution in [-0.4, -0.2) is 19.0 Å². The van der Waals surface area contributed by atoms with Crippen LogP contribution in [0.4, 0.5) is 5.69 Å². The lowest BCUT2D eigenvalue weighted by Crippen LogP contribution is -2.10. The van der Waals surface area contributed by atoms with Crippen LogP contribution < -0.4 is 16.8 Å². The van der Waals surface area contributed by atoms with Gasteiger partial charge in [-0.2, -0.15) is 0 Å². The summed E-state index contributed by atoms with van der Waals surface area (Å²) in [5.74, 6) is -0.412. The van der Waals surface area contributed by atoms with Crippen molar-refractivity contribution in [3.63, 3.8) is 0 Å². The summed E-state index contributed by atoms with van der Waals surface area (Å²) in [6.07, 6.45) is 3.83. The van der Waals surface area contributed by atoms with Gasteiger partial charge in [-0.3, -0.25) is 4.79 Å². The first-order valence-electron chi connectivity index (χ1n) is 4.73. The maximum atomic E-state index is 10.8. The number of amides is 1. The zero-order valence-corrected chi connectivity index (χ0v) is 8.44. The molecule has 0 radical (unpaired) electrons. The molecule has 5 N–H and O–H groups in total. The second-order valence-corrected chi connectivity index (χ2v) is 3.03. The zero-order valence-electron chi connectivity index (χ0n) is 8.44. The third-order valence-electron chi connectivity index (χ3n) is 1.90. The predicted octanol–water partition coefficient (Wildman–Crippen LogP) is 0.712. The standard InChI is InChI=1S/C11H15N3O/c12-7-1-2-8-14-10-5-3-9(4-6-10)11(13)15/h1-6,14H,7-8,12H2,(H2,13,15)/b2-1+. The van der Waals surface area contributed by atoms with Crippen molar-refractivity contribution >= 4 is 11.6 Å². The van der Waals surface area contributed by atoms with Crippen molar-refractivity contribution in [2.75, 3.05) is 18.4 Å². The molecule has 0 aliphatic carbocycles. The van der Waals surface area contributed by atoms with Gasteiger partial charge in [-0.05, 0) is 24.3 Å². The van der Waals surface area contributed by atoms with Crippen molar-refractivity contribution in [1.29, 1.82) is 0 Å². The Kier molecular flexibility index (Phi) is 4.37. The third kappa shape index (κ3) is 3.83. The van der Waals surface area contributed by atoms with Gasteiger partial charge in [-0.25, -0.2) is 0 Å². The van der Waals surface area contributed by atoms with Gasteiger partial charge in [-0.1, -0.05) is 12.2 Å². The molecule has 15 heavy (non-hydrogen) atoms. The van der Waals surface area contributed by atoms with Crippen molar-refractivity contribution in [1.82, 2.24) is 0 Å². The molecule has 0 saturated carbocycles. The maximum absolute atomic E-state index is 10.8. The van der Waals surface area contributed by atoms with E-state index in [-0.39, 0.29) is 0 Å². The van der Waals surface area contributed by atoms with Gasteiger partial charge in [0.15, 0.2) is 0 Å². The van der Waals surface area contributed by atoms with Crippen molar-refractivity contribution < 1.29 is 4.79 Å². The summed E-state index contributed by atoms with van der Waals surface area (Å²) in [7, 11) is 0. The summed E-state index contributed by atoms with van der Waals surface area (Å²) in [5.41, 5.74) is 11.9. The molecule has 0 unspecified atom stereocenters. The van der Waals surface area contributed by atoms with Gasteiger partial charge >= 0.3 is 0 Å². The molecule has 80 valence electrons. The highest BCUT2D eigenvalue weighted by atomic mass is 16.1. The van der Waals surface area contributed by atoms with E-state index in [1.807, 2.05) is 24.3 Å². The number of rotatable bonds is 5. The fourth-order valence-electron chi connectivity index (χ4n) is 1.11. The Hall–Kier alpha value is -1.81. The molecule has 1 amide bonds. The molecular formula is C11H15N3O. The number of nitrogens with two attached hydrogens (primary N) is 2. The molecule has 1 aromatic rings. The molecule has 4 heteroatoms. The first kappa shape index (κ1) is 11.3. The number of anilines is 1. The lowest BCUT2D eigenvalue weighted by molar-refractivity contribution is 0.100. The number of benzene rings is 1. The van der Waals surface area contributed by atoms with E-state index in [0.717, 1.165) is 5.69 Å². The topological polar surface area (TPSA) is 81.1 Å². The molecule has 0 aromatic heterocycles. The third-order valence-corrected chi connectivity index (χ3v) is 1.90. The summed E-state index contributed by atoms with van der Waals surface area (Å²) in [4.78, 5) is 10.8. The minimum absolute atomic E-state index is 0.412. The normalized spacial score (nSPS) is 10.5. The summed E-state index contributed by atoms with van der Waals surface area (Å²) in [5, 5.41) is 3.15. The van der Waals surface area contributed by atoms with Gasteiger partial charge in [0.25, 0.3) is 0 Å². The van der Waals surface area contributed by atoms with E-state index < -0.39 is 5.91 Å². The van der Waals surface area contributed by atoms with E-state index in [0.29, 0.717) is 18.7 Å². The molecule has 0 aliphatic rings. The van der Waals surface area contributed by atoms with Gasteiger partial charge in [0.05, 0.1) is 0 Å². The Labute approximate surface area is 89.0 Å². The van der Waals surface area contributed by atoms with Gasteiger partial charge < -0.3 is 16.8 Å². The number of primary amides is 1. The van der Waals surface area contributed by atoms with Gasteiger partial charge in [-0.15, -0.1) is 0 Å². The second kappa shape index (κ2) is 5.82. The largest absolute Gasteiger partial charge is 0.382 e. The molecule has 0 aliphatic heterocycles. The van der Waals surface area contributed by atoms with Crippen LogP contribution in [0.3, 0.4) is 0 Å². The van der Waals surface area contributed by atoms with Crippen LogP contribution in [0.2, 0.25) is 0 Å². The fourth-order valence-corrected chi connectivity index (χ4v) is 1.11. The molecule has 0 saturated heterocycles. The predicted molar refractivity (Wildman–Crippen MR) is 61.6 cm³/mol. The van der Waals surface area contributed by atoms with Gasteiger partial charge in [0, 0.05) is 24.3 Å². The van der Waals surface area contributed by atoms with Crippen LogP contribution in [0.15, 0.2) is 36.4 Å². The highest BCUT2D eigenvalue weighted by Gasteiger charge is 1.98. The van der Waals surface area contributed by atoms with E-state index in [1.165, 1.54) is 0 Å². The zero-order chi connectivity index (χ0) is 11.1. The molecule has 0 bridgehead atoms. The maximum Gasteiger partial charge on any atom is 0.248 e. The van der Waals surface area contributed by atoms with Crippen molar-refractivity contribution in [3.8, 4) is 0 Å². The molecule has 1 rings (SSSR count). The quantitative estimate of drug-likeness (QED) is 0.619. The van der Waals surface area contributed by atoms with Crippen molar-refractivity contribution in [3.05, 3.63) is 42.0 Å². The highest BCUT2D eigenvalue weighted by molar-refractivity contribution is 5.93. The summed E-state index contributed by atoms with van der Waals surface area (Å²) in [6.45, 7) is 1.26. The average molecular weight is 205 g/mol. The van der Waals surface area contributed by atoms with Crippen LogP contribution in [-0.2, 0) is 0 Å². The van der Waals surface area contributed by atoms with E-state index in [2.05, 4.69) is 5.32 Å². The van der Waals surface area contributed by atoms with Crippen LogP contribution in [0.1, 0.15) is 10.4 Å². The Morgan fingerprint density at radius 1 is 1.27 bits per heavy atom. The number of hydrogen-bond donors (Lipinski definition) is 3. The Balaban J connectivity index is 2.50. The summed E-state index contributed by atoms with van der Waals surface area (Å²) in [6, 6.07) is 7.02. The van der Waals surface area contributed by atoms with E-state index in [1.54, 1.807) is 12.1 Å². The van der Waals surface area contributed by atoms with Gasteiger partial charge in [0.2, 0.25) is 5.91 Å². The lowest BCUT2D eigenvalue weighted by Gasteiger charge is -2.03. The minimum Gasteiger partial charge on any atom is -0.382 e. The first-order valence-corrected chi connectivity index (χ1v) is 4.73. The van der Waals surface area contributed by atoms with E-state index in [9.17, 15) is 4.79 Å². The monoisotopic (exact) mass is 205 g/mol. The Morgan fingerprint density at radius 2 is 1.93 bits per heavy atom. The first-order chi connectivity index (χ1) is 7.24. The van der Waals surface area contributed by atoms with Crippen molar-refractivity contribution in [2.45, 2.75) is 0 Å². The smallest absolute Gasteiger partial charge is 0.248 e. The SMILES string of the molecule is NC/C=C/CNc1ccc(C(N)=O)cc1. The van der Waals surface area contributed by atoms with Crippen LogP contribution in [0.25, 0.3) is 0 Å². The highest BCUT2D eigenvalue weighted by Crippen LogP contribution is 2.08. The molecule has 1 aromatic carbocycles. The number of hydrogen-bond acceptors (Lipinski definition) is 3. The van der Waals surface area contributed by atoms with Crippen LogP contribution in [0, 0.1) is 0 Å². The molecular weight excluding hydrogens is 190 g/mol. The molecule has 0 atom stereocenters. The fraction of sp³-hybridized carbons (Fsp3) is 0.182. The van der Waals surface area contributed by atoms with Crippen LogP contribution in [0.5, 0.6) is 0 Å². The number of carbonyl (C=O) groups is 1. The van der Waals surface area contributed by atoms with E-state index in [4.69, 9.17) is 11.5 Å². The average Bonchev–Trinajstić information content (AvgIpc) is 2.25. The molecule has 0 heterocycles. The lowest BCUT2D eigenvalue weighted by atomic mass is 10.2. The minimum atomic E-state index is -0.412. The summed E-state index contributed by atoms with van der Waals surface area (Å²) >= 11 is 0.